The second-order valence-electron chi connectivity index (χ2n) is 6.68. The van der Waals surface area contributed by atoms with Crippen molar-refractivity contribution in [2.24, 2.45) is 0 Å². The zero-order chi connectivity index (χ0) is 21.4. The SMILES string of the molecule is Cc1cc([N+](=O)[O-])cc(S(=O)(=O)N(C)[C@@H](C)c2ccc(S(C)(=O)=O)cc2)c1C. The average Bonchev–Trinajstić information content (AvgIpc) is 2.61. The molecule has 0 radical (unpaired) electrons. The summed E-state index contributed by atoms with van der Waals surface area (Å²) >= 11 is 0. The summed E-state index contributed by atoms with van der Waals surface area (Å²) < 4.78 is 50.6. The molecule has 0 saturated heterocycles. The molecule has 8 nitrogen and oxygen atoms in total. The lowest BCUT2D eigenvalue weighted by molar-refractivity contribution is -0.385. The first-order valence-electron chi connectivity index (χ1n) is 8.30. The first kappa shape index (κ1) is 22.0. The Morgan fingerprint density at radius 3 is 2.04 bits per heavy atom. The molecule has 2 rings (SSSR count). The van der Waals surface area contributed by atoms with Gasteiger partial charge in [0, 0.05) is 31.5 Å². The van der Waals surface area contributed by atoms with E-state index in [9.17, 15) is 26.9 Å². The first-order valence-corrected chi connectivity index (χ1v) is 11.6. The molecule has 1 atom stereocenters. The lowest BCUT2D eigenvalue weighted by atomic mass is 10.1. The van der Waals surface area contributed by atoms with E-state index in [1.165, 1.54) is 25.2 Å². The molecule has 28 heavy (non-hydrogen) atoms. The summed E-state index contributed by atoms with van der Waals surface area (Å²) in [5.74, 6) is 0. The monoisotopic (exact) mass is 426 g/mol. The molecule has 0 aliphatic rings. The van der Waals surface area contributed by atoms with Gasteiger partial charge in [0.2, 0.25) is 10.0 Å². The molecule has 2 aromatic rings. The molecule has 10 heteroatoms. The van der Waals surface area contributed by atoms with E-state index < -0.39 is 30.8 Å². The molecule has 2 aromatic carbocycles. The summed E-state index contributed by atoms with van der Waals surface area (Å²) in [5.41, 5.74) is 1.25. The van der Waals surface area contributed by atoms with E-state index in [1.54, 1.807) is 32.9 Å². The highest BCUT2D eigenvalue weighted by Crippen LogP contribution is 2.31. The van der Waals surface area contributed by atoms with Gasteiger partial charge in [-0.25, -0.2) is 16.8 Å². The van der Waals surface area contributed by atoms with Gasteiger partial charge in [-0.1, -0.05) is 12.1 Å². The first-order chi connectivity index (χ1) is 12.8. The third kappa shape index (κ3) is 4.23. The van der Waals surface area contributed by atoms with Gasteiger partial charge in [0.25, 0.3) is 5.69 Å². The van der Waals surface area contributed by atoms with Crippen LogP contribution in [0.25, 0.3) is 0 Å². The number of non-ortho nitro benzene ring substituents is 1. The van der Waals surface area contributed by atoms with Crippen LogP contribution in [-0.2, 0) is 19.9 Å². The Morgan fingerprint density at radius 1 is 1.04 bits per heavy atom. The van der Waals surface area contributed by atoms with Crippen LogP contribution in [0.2, 0.25) is 0 Å². The van der Waals surface area contributed by atoms with Gasteiger partial charge >= 0.3 is 0 Å². The highest BCUT2D eigenvalue weighted by atomic mass is 32.2. The van der Waals surface area contributed by atoms with Gasteiger partial charge in [0.05, 0.1) is 14.7 Å². The average molecular weight is 427 g/mol. The van der Waals surface area contributed by atoms with Crippen LogP contribution in [-0.4, -0.2) is 39.4 Å². The fourth-order valence-corrected chi connectivity index (χ4v) is 5.05. The molecule has 0 heterocycles. The number of sulfonamides is 1. The van der Waals surface area contributed by atoms with Crippen molar-refractivity contribution >= 4 is 25.5 Å². The summed E-state index contributed by atoms with van der Waals surface area (Å²) in [4.78, 5) is 10.5. The summed E-state index contributed by atoms with van der Waals surface area (Å²) in [6.45, 7) is 4.88. The van der Waals surface area contributed by atoms with Crippen molar-refractivity contribution in [3.63, 3.8) is 0 Å². The van der Waals surface area contributed by atoms with Gasteiger partial charge in [0.15, 0.2) is 9.84 Å². The molecule has 152 valence electrons. The zero-order valence-corrected chi connectivity index (χ0v) is 17.8. The van der Waals surface area contributed by atoms with Crippen LogP contribution in [0, 0.1) is 24.0 Å². The summed E-state index contributed by atoms with van der Waals surface area (Å²) in [6.07, 6.45) is 1.09. The molecule has 0 aromatic heterocycles. The minimum Gasteiger partial charge on any atom is -0.258 e. The number of nitro groups is 1. The van der Waals surface area contributed by atoms with Crippen molar-refractivity contribution in [1.29, 1.82) is 0 Å². The molecule has 0 fully saturated rings. The number of benzene rings is 2. The van der Waals surface area contributed by atoms with Crippen LogP contribution in [0.5, 0.6) is 0 Å². The number of rotatable bonds is 6. The van der Waals surface area contributed by atoms with E-state index in [0.717, 1.165) is 16.6 Å². The number of hydrogen-bond acceptors (Lipinski definition) is 6. The second-order valence-corrected chi connectivity index (χ2v) is 10.7. The second kappa shape index (κ2) is 7.61. The van der Waals surface area contributed by atoms with Gasteiger partial charge in [-0.05, 0) is 49.6 Å². The van der Waals surface area contributed by atoms with Crippen LogP contribution in [0.4, 0.5) is 5.69 Å². The van der Waals surface area contributed by atoms with Gasteiger partial charge in [-0.2, -0.15) is 4.31 Å². The van der Waals surface area contributed by atoms with Crippen LogP contribution in [0.15, 0.2) is 46.2 Å². The largest absolute Gasteiger partial charge is 0.271 e. The molecule has 0 spiro atoms. The zero-order valence-electron chi connectivity index (χ0n) is 16.2. The Kier molecular flexibility index (Phi) is 5.98. The fraction of sp³-hybridized carbons (Fsp3) is 0.333. The number of hydrogen-bond donors (Lipinski definition) is 0. The number of nitrogens with zero attached hydrogens (tertiary/aromatic N) is 2. The van der Waals surface area contributed by atoms with Crippen molar-refractivity contribution < 1.29 is 21.8 Å². The van der Waals surface area contributed by atoms with Gasteiger partial charge < -0.3 is 0 Å². The molecule has 0 unspecified atom stereocenters. The standard InChI is InChI=1S/C18H22N2O6S2/c1-12-10-16(20(21)22)11-18(13(12)2)28(25,26)19(4)14(3)15-6-8-17(9-7-15)27(5,23)24/h6-11,14H,1-5H3/t14-/m0/s1. The van der Waals surface area contributed by atoms with Crippen LogP contribution >= 0.6 is 0 Å². The van der Waals surface area contributed by atoms with Crippen molar-refractivity contribution in [1.82, 2.24) is 4.31 Å². The normalized spacial score (nSPS) is 13.5. The van der Waals surface area contributed by atoms with E-state index >= 15 is 0 Å². The Morgan fingerprint density at radius 2 is 1.57 bits per heavy atom. The van der Waals surface area contributed by atoms with E-state index in [4.69, 9.17) is 0 Å². The molecule has 0 amide bonds. The summed E-state index contributed by atoms with van der Waals surface area (Å²) in [5, 5.41) is 11.1. The molecule has 0 saturated carbocycles. The topological polar surface area (TPSA) is 115 Å². The quantitative estimate of drug-likeness (QED) is 0.518. The van der Waals surface area contributed by atoms with Crippen LogP contribution in [0.1, 0.15) is 29.7 Å². The molecule has 0 aliphatic heterocycles. The molecule has 0 N–H and O–H groups in total. The van der Waals surface area contributed by atoms with Crippen molar-refractivity contribution in [3.05, 3.63) is 63.2 Å². The molecule has 0 bridgehead atoms. The predicted octanol–water partition coefficient (Wildman–Crippen LogP) is 3.00. The maximum absolute atomic E-state index is 13.1. The van der Waals surface area contributed by atoms with Crippen molar-refractivity contribution in [2.75, 3.05) is 13.3 Å². The van der Waals surface area contributed by atoms with Gasteiger partial charge in [-0.15, -0.1) is 0 Å². The Balaban J connectivity index is 2.47. The van der Waals surface area contributed by atoms with E-state index in [2.05, 4.69) is 0 Å². The lowest BCUT2D eigenvalue weighted by Gasteiger charge is -2.26. The highest BCUT2D eigenvalue weighted by Gasteiger charge is 2.30. The number of nitro benzene ring substituents is 1. The Bertz CT molecular complexity index is 1120. The van der Waals surface area contributed by atoms with Crippen LogP contribution < -0.4 is 0 Å². The fourth-order valence-electron chi connectivity index (χ4n) is 2.75. The third-order valence-electron chi connectivity index (χ3n) is 4.81. The molecule has 0 aliphatic carbocycles. The van der Waals surface area contributed by atoms with E-state index in [0.29, 0.717) is 16.7 Å². The smallest absolute Gasteiger partial charge is 0.258 e. The molecular formula is C18H22N2O6S2. The predicted molar refractivity (Wildman–Crippen MR) is 105 cm³/mol. The third-order valence-corrected chi connectivity index (χ3v) is 7.99. The van der Waals surface area contributed by atoms with Gasteiger partial charge in [-0.3, -0.25) is 10.1 Å². The van der Waals surface area contributed by atoms with Crippen molar-refractivity contribution in [2.45, 2.75) is 36.6 Å². The van der Waals surface area contributed by atoms with E-state index in [1.807, 2.05) is 0 Å². The minimum absolute atomic E-state index is 0.124. The summed E-state index contributed by atoms with van der Waals surface area (Å²) in [7, 11) is -5.99. The van der Waals surface area contributed by atoms with Crippen LogP contribution in [0.3, 0.4) is 0 Å². The number of sulfone groups is 1. The number of aryl methyl sites for hydroxylation is 1. The Hall–Kier alpha value is -2.30. The highest BCUT2D eigenvalue weighted by molar-refractivity contribution is 7.90. The summed E-state index contributed by atoms with van der Waals surface area (Å²) in [6, 6.07) is 7.74. The lowest BCUT2D eigenvalue weighted by Crippen LogP contribution is -2.30. The maximum Gasteiger partial charge on any atom is 0.271 e. The van der Waals surface area contributed by atoms with Gasteiger partial charge in [0.1, 0.15) is 0 Å². The van der Waals surface area contributed by atoms with Crippen molar-refractivity contribution in [3.8, 4) is 0 Å². The molecular weight excluding hydrogens is 404 g/mol. The Labute approximate surface area is 164 Å². The maximum atomic E-state index is 13.1. The van der Waals surface area contributed by atoms with E-state index in [-0.39, 0.29) is 15.5 Å². The minimum atomic E-state index is -4.02.